The van der Waals surface area contributed by atoms with Gasteiger partial charge in [0.25, 0.3) is 0 Å². The summed E-state index contributed by atoms with van der Waals surface area (Å²) in [6.45, 7) is 4.85. The standard InChI is InChI=1S/C40H79N3O4/c1-3-5-7-9-11-13-15-17-19-21-23-25-27-29-31-33-35-42-39(45)37(36-47-40(41)46)43-38(44)34-32-30-28-26-24-22-20-18-16-14-12-10-8-6-4-2/h37H,3-36H2,1-2H3,(H2,41,46)(H,42,45)(H,43,44). The molecule has 47 heavy (non-hydrogen) atoms. The summed E-state index contributed by atoms with van der Waals surface area (Å²) in [6, 6.07) is -0.910. The molecule has 7 nitrogen and oxygen atoms in total. The monoisotopic (exact) mass is 666 g/mol. The molecule has 7 heteroatoms. The molecule has 0 rings (SSSR count). The molecule has 0 heterocycles. The molecule has 0 aliphatic rings. The zero-order chi connectivity index (χ0) is 34.5. The van der Waals surface area contributed by atoms with Crippen LogP contribution in [0.4, 0.5) is 4.79 Å². The van der Waals surface area contributed by atoms with Gasteiger partial charge in [-0.25, -0.2) is 4.79 Å². The van der Waals surface area contributed by atoms with Crippen LogP contribution in [0.15, 0.2) is 0 Å². The molecule has 3 amide bonds. The zero-order valence-corrected chi connectivity index (χ0v) is 31.3. The third-order valence-electron chi connectivity index (χ3n) is 9.38. The van der Waals surface area contributed by atoms with E-state index in [0.717, 1.165) is 32.1 Å². The summed E-state index contributed by atoms with van der Waals surface area (Å²) < 4.78 is 4.86. The lowest BCUT2D eigenvalue weighted by Crippen LogP contribution is -2.50. The molecule has 0 aliphatic carbocycles. The Morgan fingerprint density at radius 2 is 0.809 bits per heavy atom. The molecule has 0 spiro atoms. The average molecular weight is 666 g/mol. The highest BCUT2D eigenvalue weighted by Crippen LogP contribution is 2.15. The molecular formula is C40H79N3O4. The number of hydrogen-bond donors (Lipinski definition) is 3. The molecule has 0 saturated heterocycles. The fourth-order valence-corrected chi connectivity index (χ4v) is 6.28. The second-order valence-electron chi connectivity index (χ2n) is 14.0. The van der Waals surface area contributed by atoms with E-state index >= 15 is 0 Å². The number of primary amides is 1. The van der Waals surface area contributed by atoms with E-state index in [2.05, 4.69) is 24.5 Å². The Balaban J connectivity index is 3.79. The lowest BCUT2D eigenvalue weighted by atomic mass is 10.0. The molecule has 0 aromatic carbocycles. The lowest BCUT2D eigenvalue weighted by Gasteiger charge is -2.18. The van der Waals surface area contributed by atoms with Crippen LogP contribution in [0.2, 0.25) is 0 Å². The fourth-order valence-electron chi connectivity index (χ4n) is 6.28. The molecule has 0 bridgehead atoms. The Morgan fingerprint density at radius 1 is 0.489 bits per heavy atom. The Labute approximate surface area is 291 Å². The van der Waals surface area contributed by atoms with E-state index in [4.69, 9.17) is 10.5 Å². The third-order valence-corrected chi connectivity index (χ3v) is 9.38. The number of carbonyl (C=O) groups is 3. The van der Waals surface area contributed by atoms with Crippen molar-refractivity contribution < 1.29 is 19.1 Å². The van der Waals surface area contributed by atoms with Crippen LogP contribution in [0.25, 0.3) is 0 Å². The largest absolute Gasteiger partial charge is 0.447 e. The van der Waals surface area contributed by atoms with Crippen molar-refractivity contribution in [2.24, 2.45) is 5.73 Å². The predicted octanol–water partition coefficient (Wildman–Crippen LogP) is 11.2. The van der Waals surface area contributed by atoms with Crippen molar-refractivity contribution in [3.05, 3.63) is 0 Å². The maximum atomic E-state index is 12.7. The highest BCUT2D eigenvalue weighted by molar-refractivity contribution is 5.87. The average Bonchev–Trinajstić information content (AvgIpc) is 3.06. The molecule has 1 unspecified atom stereocenters. The Bertz CT molecular complexity index is 703. The number of ether oxygens (including phenoxy) is 1. The maximum absolute atomic E-state index is 12.7. The first-order valence-corrected chi connectivity index (χ1v) is 20.5. The molecule has 0 aromatic rings. The van der Waals surface area contributed by atoms with Crippen molar-refractivity contribution in [1.82, 2.24) is 10.6 Å². The molecule has 278 valence electrons. The molecule has 0 aromatic heterocycles. The van der Waals surface area contributed by atoms with Crippen LogP contribution in [0.5, 0.6) is 0 Å². The smallest absolute Gasteiger partial charge is 0.404 e. The number of carbonyl (C=O) groups excluding carboxylic acids is 3. The number of hydrogen-bond acceptors (Lipinski definition) is 4. The van der Waals surface area contributed by atoms with Crippen molar-refractivity contribution in [3.8, 4) is 0 Å². The Kier molecular flexibility index (Phi) is 35.6. The van der Waals surface area contributed by atoms with Crippen molar-refractivity contribution in [2.75, 3.05) is 13.2 Å². The quantitative estimate of drug-likeness (QED) is 0.0573. The summed E-state index contributed by atoms with van der Waals surface area (Å²) in [5.41, 5.74) is 5.11. The highest BCUT2D eigenvalue weighted by Gasteiger charge is 2.21. The van der Waals surface area contributed by atoms with Crippen LogP contribution in [-0.4, -0.2) is 37.1 Å². The van der Waals surface area contributed by atoms with E-state index < -0.39 is 12.1 Å². The summed E-state index contributed by atoms with van der Waals surface area (Å²) in [4.78, 5) is 36.3. The SMILES string of the molecule is CCCCCCCCCCCCCCCCCCNC(=O)C(COC(N)=O)NC(=O)CCCCCCCCCCCCCCCCC. The molecule has 0 aliphatic heterocycles. The van der Waals surface area contributed by atoms with Gasteiger partial charge in [0.1, 0.15) is 12.6 Å². The van der Waals surface area contributed by atoms with Gasteiger partial charge in [-0.3, -0.25) is 9.59 Å². The maximum Gasteiger partial charge on any atom is 0.404 e. The summed E-state index contributed by atoms with van der Waals surface area (Å²) in [5, 5.41) is 5.64. The van der Waals surface area contributed by atoms with Crippen molar-refractivity contribution in [2.45, 2.75) is 225 Å². The molecule has 1 atom stereocenters. The number of unbranched alkanes of at least 4 members (excludes halogenated alkanes) is 29. The van der Waals surface area contributed by atoms with Gasteiger partial charge in [-0.2, -0.15) is 0 Å². The second-order valence-corrected chi connectivity index (χ2v) is 14.0. The van der Waals surface area contributed by atoms with Gasteiger partial charge in [-0.05, 0) is 12.8 Å². The normalized spacial score (nSPS) is 11.8. The van der Waals surface area contributed by atoms with E-state index in [1.54, 1.807) is 0 Å². The van der Waals surface area contributed by atoms with Crippen LogP contribution in [0, 0.1) is 0 Å². The van der Waals surface area contributed by atoms with Crippen LogP contribution in [0.1, 0.15) is 219 Å². The Hall–Kier alpha value is -1.79. The summed E-state index contributed by atoms with van der Waals surface area (Å²) in [6.07, 6.45) is 39.5. The van der Waals surface area contributed by atoms with E-state index in [1.807, 2.05) is 0 Å². The first kappa shape index (κ1) is 45.2. The molecule has 0 saturated carbocycles. The van der Waals surface area contributed by atoms with Gasteiger partial charge in [0, 0.05) is 13.0 Å². The summed E-state index contributed by atoms with van der Waals surface area (Å²) >= 11 is 0. The van der Waals surface area contributed by atoms with E-state index in [1.165, 1.54) is 167 Å². The minimum atomic E-state index is -0.947. The van der Waals surface area contributed by atoms with Crippen LogP contribution < -0.4 is 16.4 Å². The van der Waals surface area contributed by atoms with Gasteiger partial charge in [-0.15, -0.1) is 0 Å². The number of rotatable bonds is 37. The van der Waals surface area contributed by atoms with Crippen molar-refractivity contribution >= 4 is 17.9 Å². The van der Waals surface area contributed by atoms with Crippen molar-refractivity contribution in [1.29, 1.82) is 0 Å². The van der Waals surface area contributed by atoms with Gasteiger partial charge in [-0.1, -0.05) is 200 Å². The number of nitrogens with one attached hydrogen (secondary N) is 2. The number of nitrogens with two attached hydrogens (primary N) is 1. The van der Waals surface area contributed by atoms with Gasteiger partial charge in [0.05, 0.1) is 0 Å². The van der Waals surface area contributed by atoms with Gasteiger partial charge in [0.2, 0.25) is 11.8 Å². The Morgan fingerprint density at radius 3 is 1.15 bits per heavy atom. The van der Waals surface area contributed by atoms with E-state index in [9.17, 15) is 14.4 Å². The fraction of sp³-hybridized carbons (Fsp3) is 0.925. The van der Waals surface area contributed by atoms with Crippen LogP contribution in [0.3, 0.4) is 0 Å². The first-order chi connectivity index (χ1) is 23.0. The predicted molar refractivity (Wildman–Crippen MR) is 200 cm³/mol. The minimum Gasteiger partial charge on any atom is -0.447 e. The topological polar surface area (TPSA) is 111 Å². The minimum absolute atomic E-state index is 0.185. The molecule has 0 fully saturated rings. The van der Waals surface area contributed by atoms with Crippen molar-refractivity contribution in [3.63, 3.8) is 0 Å². The summed E-state index contributed by atoms with van der Waals surface area (Å²) in [5.74, 6) is -0.507. The molecule has 0 radical (unpaired) electrons. The highest BCUT2D eigenvalue weighted by atomic mass is 16.5. The van der Waals surface area contributed by atoms with Gasteiger partial charge >= 0.3 is 6.09 Å². The van der Waals surface area contributed by atoms with Crippen LogP contribution >= 0.6 is 0 Å². The second kappa shape index (κ2) is 37.0. The van der Waals surface area contributed by atoms with Crippen LogP contribution in [-0.2, 0) is 14.3 Å². The lowest BCUT2D eigenvalue weighted by molar-refractivity contribution is -0.130. The van der Waals surface area contributed by atoms with Gasteiger partial charge in [0.15, 0.2) is 0 Å². The van der Waals surface area contributed by atoms with E-state index in [0.29, 0.717) is 13.0 Å². The number of amides is 3. The third kappa shape index (κ3) is 35.3. The summed E-state index contributed by atoms with van der Waals surface area (Å²) in [7, 11) is 0. The molecular weight excluding hydrogens is 586 g/mol. The first-order valence-electron chi connectivity index (χ1n) is 20.5. The van der Waals surface area contributed by atoms with E-state index in [-0.39, 0.29) is 18.4 Å². The zero-order valence-electron chi connectivity index (χ0n) is 31.3. The van der Waals surface area contributed by atoms with Gasteiger partial charge < -0.3 is 21.1 Å². The molecule has 4 N–H and O–H groups in total.